The van der Waals surface area contributed by atoms with Gasteiger partial charge >= 0.3 is 0 Å². The van der Waals surface area contributed by atoms with Gasteiger partial charge < -0.3 is 0 Å². The minimum Gasteiger partial charge on any atom is -0.292 e. The first-order chi connectivity index (χ1) is 15.3. The number of nitrogens with one attached hydrogen (secondary N) is 1. The van der Waals surface area contributed by atoms with E-state index in [4.69, 9.17) is 4.55 Å². The molecule has 0 unspecified atom stereocenters. The zero-order chi connectivity index (χ0) is 23.7. The Morgan fingerprint density at radius 1 is 0.781 bits per heavy atom. The lowest BCUT2D eigenvalue weighted by Crippen LogP contribution is -2.30. The summed E-state index contributed by atoms with van der Waals surface area (Å²) in [4.78, 5) is 23.7. The van der Waals surface area contributed by atoms with E-state index in [0.717, 1.165) is 25.3 Å². The molecule has 0 saturated heterocycles. The van der Waals surface area contributed by atoms with E-state index >= 15 is 0 Å². The highest BCUT2D eigenvalue weighted by atomic mass is 32.2. The molecule has 1 rings (SSSR count). The molecule has 0 heterocycles. The number of benzene rings is 1. The molecule has 0 fully saturated rings. The molecular weight excluding hydrogens is 426 g/mol. The van der Waals surface area contributed by atoms with E-state index in [1.165, 1.54) is 95.2 Å². The van der Waals surface area contributed by atoms with Gasteiger partial charge in [0.2, 0.25) is 5.91 Å². The number of hydrogen-bond donors (Lipinski definition) is 2. The van der Waals surface area contributed by atoms with Crippen LogP contribution in [0.1, 0.15) is 120 Å². The molecule has 0 bridgehead atoms. The van der Waals surface area contributed by atoms with Crippen molar-refractivity contribution >= 4 is 21.9 Å². The van der Waals surface area contributed by atoms with Gasteiger partial charge in [0, 0.05) is 12.0 Å². The number of carbonyl (C=O) groups excluding carboxylic acids is 2. The Labute approximate surface area is 194 Å². The second-order valence-corrected chi connectivity index (χ2v) is 10.0. The smallest absolute Gasteiger partial charge is 0.292 e. The van der Waals surface area contributed by atoms with E-state index in [9.17, 15) is 18.0 Å². The van der Waals surface area contributed by atoms with Gasteiger partial charge in [0.05, 0.1) is 4.90 Å². The van der Waals surface area contributed by atoms with E-state index in [-0.39, 0.29) is 22.8 Å². The zero-order valence-corrected chi connectivity index (χ0v) is 20.4. The van der Waals surface area contributed by atoms with Gasteiger partial charge in [-0.2, -0.15) is 8.42 Å². The standard InChI is InChI=1S/C25H41NO5S/c1-2-3-4-5-6-7-8-9-10-11-12-13-14-15-16-20-24(27)26-25(28)22-18-17-19-23(21-22)32(29,30)31/h17-19,21H,2-16,20H2,1H3,(H,26,27,28)(H,29,30,31). The van der Waals surface area contributed by atoms with Crippen molar-refractivity contribution in [1.29, 1.82) is 0 Å². The molecule has 0 aliphatic carbocycles. The van der Waals surface area contributed by atoms with Gasteiger partial charge in [-0.3, -0.25) is 19.5 Å². The van der Waals surface area contributed by atoms with Gasteiger partial charge in [0.1, 0.15) is 0 Å². The molecule has 6 nitrogen and oxygen atoms in total. The Bertz CT molecular complexity index is 776. The maximum Gasteiger partial charge on any atom is 0.294 e. The van der Waals surface area contributed by atoms with E-state index < -0.39 is 16.0 Å². The molecule has 0 spiro atoms. The Balaban J connectivity index is 2.01. The number of unbranched alkanes of at least 4 members (excludes halogenated alkanes) is 14. The molecule has 32 heavy (non-hydrogen) atoms. The summed E-state index contributed by atoms with van der Waals surface area (Å²) in [5.74, 6) is -1.04. The van der Waals surface area contributed by atoms with Crippen LogP contribution in [0.2, 0.25) is 0 Å². The second-order valence-electron chi connectivity index (χ2n) is 8.58. The summed E-state index contributed by atoms with van der Waals surface area (Å²) in [6.07, 6.45) is 19.0. The van der Waals surface area contributed by atoms with Gasteiger partial charge in [0.15, 0.2) is 0 Å². The van der Waals surface area contributed by atoms with Crippen LogP contribution in [0.5, 0.6) is 0 Å². The van der Waals surface area contributed by atoms with Gasteiger partial charge in [-0.1, -0.05) is 103 Å². The van der Waals surface area contributed by atoms with Gasteiger partial charge in [-0.05, 0) is 24.6 Å². The lowest BCUT2D eigenvalue weighted by molar-refractivity contribution is -0.120. The molecule has 1 aromatic carbocycles. The fraction of sp³-hybridized carbons (Fsp3) is 0.680. The maximum absolute atomic E-state index is 12.1. The third-order valence-electron chi connectivity index (χ3n) is 5.65. The van der Waals surface area contributed by atoms with Crippen molar-refractivity contribution in [2.75, 3.05) is 0 Å². The fourth-order valence-electron chi connectivity index (χ4n) is 3.72. The van der Waals surface area contributed by atoms with Crippen molar-refractivity contribution in [2.45, 2.75) is 115 Å². The van der Waals surface area contributed by atoms with Crippen molar-refractivity contribution < 1.29 is 22.6 Å². The highest BCUT2D eigenvalue weighted by Crippen LogP contribution is 2.14. The summed E-state index contributed by atoms with van der Waals surface area (Å²) in [6.45, 7) is 2.25. The highest BCUT2D eigenvalue weighted by molar-refractivity contribution is 7.85. The van der Waals surface area contributed by atoms with Gasteiger partial charge in [0.25, 0.3) is 16.0 Å². The summed E-state index contributed by atoms with van der Waals surface area (Å²) >= 11 is 0. The third kappa shape index (κ3) is 13.6. The largest absolute Gasteiger partial charge is 0.294 e. The summed E-state index contributed by atoms with van der Waals surface area (Å²) in [5, 5.41) is 2.27. The van der Waals surface area contributed by atoms with Crippen LogP contribution in [0.15, 0.2) is 29.2 Å². The SMILES string of the molecule is CCCCCCCCCCCCCCCCCC(=O)NC(=O)c1cccc(S(=O)(=O)O)c1. The molecule has 1 aromatic rings. The maximum atomic E-state index is 12.1. The predicted molar refractivity (Wildman–Crippen MR) is 128 cm³/mol. The van der Waals surface area contributed by atoms with Gasteiger partial charge in [-0.15, -0.1) is 0 Å². The van der Waals surface area contributed by atoms with E-state index in [2.05, 4.69) is 12.2 Å². The topological polar surface area (TPSA) is 101 Å². The molecular formula is C25H41NO5S. The molecule has 0 aromatic heterocycles. The minimum atomic E-state index is -4.39. The predicted octanol–water partition coefficient (Wildman–Crippen LogP) is 6.45. The van der Waals surface area contributed by atoms with E-state index in [1.54, 1.807) is 0 Å². The van der Waals surface area contributed by atoms with Crippen molar-refractivity contribution in [3.63, 3.8) is 0 Å². The quantitative estimate of drug-likeness (QED) is 0.191. The van der Waals surface area contributed by atoms with Gasteiger partial charge in [-0.25, -0.2) is 0 Å². The summed E-state index contributed by atoms with van der Waals surface area (Å²) in [5.41, 5.74) is 0.0185. The summed E-state index contributed by atoms with van der Waals surface area (Å²) in [6, 6.07) is 4.97. The van der Waals surface area contributed by atoms with Crippen molar-refractivity contribution in [3.8, 4) is 0 Å². The average Bonchev–Trinajstić information content (AvgIpc) is 2.76. The molecule has 2 N–H and O–H groups in total. The Morgan fingerprint density at radius 2 is 1.25 bits per heavy atom. The van der Waals surface area contributed by atoms with Crippen LogP contribution in [0, 0.1) is 0 Å². The lowest BCUT2D eigenvalue weighted by Gasteiger charge is -2.06. The van der Waals surface area contributed by atoms with Crippen molar-refractivity contribution in [2.24, 2.45) is 0 Å². The Hall–Kier alpha value is -1.73. The lowest BCUT2D eigenvalue weighted by atomic mass is 10.0. The van der Waals surface area contributed by atoms with Crippen LogP contribution in [0.25, 0.3) is 0 Å². The zero-order valence-electron chi connectivity index (χ0n) is 19.6. The summed E-state index contributed by atoms with van der Waals surface area (Å²) < 4.78 is 31.4. The molecule has 182 valence electrons. The molecule has 0 saturated carbocycles. The Kier molecular flexibility index (Phi) is 14.9. The molecule has 0 aliphatic heterocycles. The van der Waals surface area contributed by atoms with Crippen LogP contribution >= 0.6 is 0 Å². The van der Waals surface area contributed by atoms with Crippen LogP contribution in [0.4, 0.5) is 0 Å². The minimum absolute atomic E-state index is 0.0185. The number of hydrogen-bond acceptors (Lipinski definition) is 4. The normalized spacial score (nSPS) is 11.4. The molecule has 0 atom stereocenters. The monoisotopic (exact) mass is 467 g/mol. The van der Waals surface area contributed by atoms with Crippen LogP contribution in [-0.4, -0.2) is 24.8 Å². The number of amides is 2. The first-order valence-electron chi connectivity index (χ1n) is 12.3. The number of carbonyl (C=O) groups is 2. The fourth-order valence-corrected chi connectivity index (χ4v) is 4.24. The average molecular weight is 468 g/mol. The Morgan fingerprint density at radius 3 is 1.72 bits per heavy atom. The van der Waals surface area contributed by atoms with Crippen LogP contribution in [0.3, 0.4) is 0 Å². The van der Waals surface area contributed by atoms with Crippen molar-refractivity contribution in [1.82, 2.24) is 5.32 Å². The first-order valence-corrected chi connectivity index (χ1v) is 13.7. The molecule has 0 aliphatic rings. The molecule has 2 amide bonds. The molecule has 0 radical (unpaired) electrons. The van der Waals surface area contributed by atoms with E-state index in [0.29, 0.717) is 0 Å². The first kappa shape index (κ1) is 28.3. The summed E-state index contributed by atoms with van der Waals surface area (Å²) in [7, 11) is -4.39. The second kappa shape index (κ2) is 16.8. The number of imide groups is 1. The van der Waals surface area contributed by atoms with Crippen molar-refractivity contribution in [3.05, 3.63) is 29.8 Å². The van der Waals surface area contributed by atoms with Crippen LogP contribution in [-0.2, 0) is 14.9 Å². The van der Waals surface area contributed by atoms with E-state index in [1.807, 2.05) is 0 Å². The number of rotatable bonds is 18. The van der Waals surface area contributed by atoms with Crippen LogP contribution < -0.4 is 5.32 Å². The third-order valence-corrected chi connectivity index (χ3v) is 6.50. The highest BCUT2D eigenvalue weighted by Gasteiger charge is 2.14. The molecule has 7 heteroatoms.